The van der Waals surface area contributed by atoms with Crippen LogP contribution in [0.25, 0.3) is 0 Å². The van der Waals surface area contributed by atoms with E-state index in [9.17, 15) is 4.79 Å². The molecule has 2 fully saturated rings. The molecule has 0 unspecified atom stereocenters. The van der Waals surface area contributed by atoms with Gasteiger partial charge < -0.3 is 19.9 Å². The molecule has 2 aliphatic rings. The summed E-state index contributed by atoms with van der Waals surface area (Å²) in [7, 11) is 0. The number of rotatable bonds is 1. The van der Waals surface area contributed by atoms with Gasteiger partial charge in [-0.25, -0.2) is 24.7 Å². The van der Waals surface area contributed by atoms with Gasteiger partial charge in [0.15, 0.2) is 0 Å². The van der Waals surface area contributed by atoms with Crippen molar-refractivity contribution < 1.29 is 9.53 Å². The van der Waals surface area contributed by atoms with Crippen molar-refractivity contribution in [2.75, 3.05) is 44.2 Å². The van der Waals surface area contributed by atoms with E-state index in [4.69, 9.17) is 4.74 Å². The second kappa shape index (κ2) is 16.4. The molecule has 1 N–H and O–H groups in total. The summed E-state index contributed by atoms with van der Waals surface area (Å²) in [4.78, 5) is 31.8. The lowest BCUT2D eigenvalue weighted by Crippen LogP contribution is -2.48. The molecule has 2 aromatic rings. The van der Waals surface area contributed by atoms with Crippen molar-refractivity contribution in [1.29, 1.82) is 0 Å². The SMILES string of the molecule is Brc1cnc(Br)cn1.Brc1cnc(N2CCCCC2)cn1.C.CC(C)(C)OC(=O)N1CCNCC1. The van der Waals surface area contributed by atoms with Crippen molar-refractivity contribution in [2.24, 2.45) is 0 Å². The maximum Gasteiger partial charge on any atom is 0.410 e. The molecule has 4 rings (SSSR count). The van der Waals surface area contributed by atoms with Crippen molar-refractivity contribution in [1.82, 2.24) is 30.2 Å². The van der Waals surface area contributed by atoms with E-state index in [0.29, 0.717) is 0 Å². The van der Waals surface area contributed by atoms with Crippen LogP contribution in [0.15, 0.2) is 38.6 Å². The molecular weight excluding hydrogens is 646 g/mol. The summed E-state index contributed by atoms with van der Waals surface area (Å²) in [6, 6.07) is 0. The molecule has 0 spiro atoms. The number of anilines is 1. The second-order valence-electron chi connectivity index (χ2n) is 8.62. The van der Waals surface area contributed by atoms with Gasteiger partial charge in [0.05, 0.1) is 24.8 Å². The number of nitrogens with one attached hydrogen (secondary N) is 1. The van der Waals surface area contributed by atoms with Crippen LogP contribution < -0.4 is 10.2 Å². The number of hydrogen-bond donors (Lipinski definition) is 1. The van der Waals surface area contributed by atoms with Gasteiger partial charge in [-0.05, 0) is 87.8 Å². The van der Waals surface area contributed by atoms with E-state index in [1.54, 1.807) is 23.5 Å². The molecule has 196 valence electrons. The fraction of sp³-hybridized carbons (Fsp3) is 0.609. The van der Waals surface area contributed by atoms with Crippen molar-refractivity contribution in [3.63, 3.8) is 0 Å². The van der Waals surface area contributed by atoms with Crippen LogP contribution >= 0.6 is 47.8 Å². The van der Waals surface area contributed by atoms with Crippen molar-refractivity contribution >= 4 is 59.7 Å². The average Bonchev–Trinajstić information content (AvgIpc) is 2.82. The molecule has 0 bridgehead atoms. The maximum absolute atomic E-state index is 11.5. The zero-order chi connectivity index (χ0) is 25.0. The van der Waals surface area contributed by atoms with E-state index in [2.05, 4.69) is 77.9 Å². The van der Waals surface area contributed by atoms with E-state index in [1.807, 2.05) is 27.0 Å². The molecule has 0 saturated carbocycles. The highest BCUT2D eigenvalue weighted by molar-refractivity contribution is 9.11. The number of nitrogens with zero attached hydrogens (tertiary/aromatic N) is 6. The predicted octanol–water partition coefficient (Wildman–Crippen LogP) is 5.69. The summed E-state index contributed by atoms with van der Waals surface area (Å²) in [6.07, 6.45) is 10.5. The maximum atomic E-state index is 11.5. The number of carbonyl (C=O) groups excluding carboxylic acids is 1. The molecule has 35 heavy (non-hydrogen) atoms. The summed E-state index contributed by atoms with van der Waals surface area (Å²) >= 11 is 9.58. The molecule has 12 heteroatoms. The number of piperidine rings is 1. The van der Waals surface area contributed by atoms with Gasteiger partial charge in [0.2, 0.25) is 0 Å². The summed E-state index contributed by atoms with van der Waals surface area (Å²) in [6.45, 7) is 11.1. The van der Waals surface area contributed by atoms with Gasteiger partial charge in [0.1, 0.15) is 25.2 Å². The monoisotopic (exact) mass is 679 g/mol. The van der Waals surface area contributed by atoms with Crippen LogP contribution in [0.3, 0.4) is 0 Å². The quantitative estimate of drug-likeness (QED) is 0.410. The molecule has 2 aromatic heterocycles. The normalized spacial score (nSPS) is 15.5. The Balaban J connectivity index is 0.000000267. The minimum absolute atomic E-state index is 0. The topological polar surface area (TPSA) is 96.4 Å². The molecule has 4 heterocycles. The Morgan fingerprint density at radius 1 is 0.829 bits per heavy atom. The Morgan fingerprint density at radius 3 is 1.74 bits per heavy atom. The van der Waals surface area contributed by atoms with E-state index in [0.717, 1.165) is 58.9 Å². The Morgan fingerprint density at radius 2 is 1.31 bits per heavy atom. The molecular formula is C23H36Br3N7O2. The standard InChI is InChI=1S/C9H12BrN3.C9H18N2O2.C4H2Br2N2.CH4/c10-8-6-12-9(7-11-8)13-4-2-1-3-5-13;1-9(2,3)13-8(12)11-6-4-10-5-7-11;5-3-1-7-4(6)2-8-3;/h6-7H,1-5H2;10H,4-7H2,1-3H3;1-2H;1H4. The summed E-state index contributed by atoms with van der Waals surface area (Å²) in [5.74, 6) is 1.00. The summed E-state index contributed by atoms with van der Waals surface area (Å²) < 4.78 is 7.54. The Hall–Kier alpha value is -1.37. The molecule has 2 saturated heterocycles. The zero-order valence-corrected chi connectivity index (χ0v) is 24.6. The van der Waals surface area contributed by atoms with Crippen molar-refractivity contribution in [3.05, 3.63) is 38.6 Å². The van der Waals surface area contributed by atoms with Gasteiger partial charge in [-0.2, -0.15) is 0 Å². The van der Waals surface area contributed by atoms with E-state index < -0.39 is 0 Å². The summed E-state index contributed by atoms with van der Waals surface area (Å²) in [5.41, 5.74) is -0.387. The molecule has 0 aromatic carbocycles. The third-order valence-corrected chi connectivity index (χ3v) is 5.87. The van der Waals surface area contributed by atoms with Gasteiger partial charge in [0, 0.05) is 39.3 Å². The third kappa shape index (κ3) is 13.5. The van der Waals surface area contributed by atoms with Gasteiger partial charge in [-0.15, -0.1) is 0 Å². The Labute approximate surface area is 234 Å². The largest absolute Gasteiger partial charge is 0.444 e. The van der Waals surface area contributed by atoms with Crippen LogP contribution in [0.5, 0.6) is 0 Å². The fourth-order valence-electron chi connectivity index (χ4n) is 3.06. The predicted molar refractivity (Wildman–Crippen MR) is 151 cm³/mol. The molecule has 9 nitrogen and oxygen atoms in total. The van der Waals surface area contributed by atoms with Crippen LogP contribution in [0, 0.1) is 0 Å². The first-order valence-electron chi connectivity index (χ1n) is 11.2. The van der Waals surface area contributed by atoms with Crippen molar-refractivity contribution in [3.8, 4) is 0 Å². The third-order valence-electron chi connectivity index (χ3n) is 4.64. The molecule has 2 aliphatic heterocycles. The number of hydrogen-bond acceptors (Lipinski definition) is 8. The highest BCUT2D eigenvalue weighted by Crippen LogP contribution is 2.17. The summed E-state index contributed by atoms with van der Waals surface area (Å²) in [5, 5.41) is 3.18. The molecule has 0 radical (unpaired) electrons. The lowest BCUT2D eigenvalue weighted by atomic mass is 10.1. The Bertz CT molecular complexity index is 832. The zero-order valence-electron chi connectivity index (χ0n) is 19.8. The number of halogens is 3. The number of amides is 1. The first-order chi connectivity index (χ1) is 16.1. The van der Waals surface area contributed by atoms with E-state index >= 15 is 0 Å². The van der Waals surface area contributed by atoms with Crippen LogP contribution in [0.2, 0.25) is 0 Å². The first kappa shape index (κ1) is 31.7. The number of aromatic nitrogens is 4. The van der Waals surface area contributed by atoms with Crippen LogP contribution in [-0.2, 0) is 4.74 Å². The lowest BCUT2D eigenvalue weighted by Gasteiger charge is -2.30. The number of ether oxygens (including phenoxy) is 1. The van der Waals surface area contributed by atoms with Crippen LogP contribution in [0.4, 0.5) is 10.6 Å². The smallest absolute Gasteiger partial charge is 0.410 e. The lowest BCUT2D eigenvalue weighted by molar-refractivity contribution is 0.0229. The first-order valence-corrected chi connectivity index (χ1v) is 13.6. The minimum atomic E-state index is -0.387. The van der Waals surface area contributed by atoms with Gasteiger partial charge >= 0.3 is 6.09 Å². The highest BCUT2D eigenvalue weighted by Gasteiger charge is 2.22. The highest BCUT2D eigenvalue weighted by atomic mass is 79.9. The molecule has 0 aliphatic carbocycles. The minimum Gasteiger partial charge on any atom is -0.444 e. The second-order valence-corrected chi connectivity index (χ2v) is 11.1. The number of carbonyl (C=O) groups is 1. The molecule has 1 amide bonds. The number of piperazine rings is 1. The van der Waals surface area contributed by atoms with Gasteiger partial charge in [0.25, 0.3) is 0 Å². The van der Waals surface area contributed by atoms with Crippen LogP contribution in [-0.4, -0.2) is 75.8 Å². The fourth-order valence-corrected chi connectivity index (χ4v) is 3.68. The Kier molecular flexibility index (Phi) is 14.8. The van der Waals surface area contributed by atoms with Crippen LogP contribution in [0.1, 0.15) is 47.5 Å². The van der Waals surface area contributed by atoms with E-state index in [-0.39, 0.29) is 19.1 Å². The van der Waals surface area contributed by atoms with Crippen molar-refractivity contribution in [2.45, 2.75) is 53.1 Å². The van der Waals surface area contributed by atoms with E-state index in [1.165, 1.54) is 19.3 Å². The van der Waals surface area contributed by atoms with Gasteiger partial charge in [-0.3, -0.25) is 0 Å². The average molecular weight is 682 g/mol. The van der Waals surface area contributed by atoms with Gasteiger partial charge in [-0.1, -0.05) is 7.43 Å². The molecule has 0 atom stereocenters.